The molecule has 1 aromatic carbocycles. The lowest BCUT2D eigenvalue weighted by Gasteiger charge is -2.10. The number of benzene rings is 1. The normalized spacial score (nSPS) is 12.3. The second-order valence-corrected chi connectivity index (χ2v) is 6.03. The first kappa shape index (κ1) is 15.8. The first-order valence-corrected chi connectivity index (χ1v) is 8.45. The fourth-order valence-electron chi connectivity index (χ4n) is 2.31. The van der Waals surface area contributed by atoms with Crippen molar-refractivity contribution in [1.82, 2.24) is 10.3 Å². The molecule has 2 aromatic rings. The van der Waals surface area contributed by atoms with Crippen molar-refractivity contribution in [3.8, 4) is 5.75 Å². The standard InChI is InChI=1S/C16H22N2O2S/c1-11(10-21-3)16(19)17-7-6-12-9-18-15-5-4-13(20-2)8-14(12)15/h4-5,8-9,11,18H,6-7,10H2,1-3H3,(H,17,19)/t11-/m0/s1. The molecule has 5 heteroatoms. The lowest BCUT2D eigenvalue weighted by molar-refractivity contribution is -0.123. The molecule has 2 rings (SSSR count). The van der Waals surface area contributed by atoms with E-state index in [0.717, 1.165) is 28.8 Å². The summed E-state index contributed by atoms with van der Waals surface area (Å²) in [6.45, 7) is 2.62. The monoisotopic (exact) mass is 306 g/mol. The Kier molecular flexibility index (Phi) is 5.56. The molecule has 0 aliphatic carbocycles. The Morgan fingerprint density at radius 1 is 1.48 bits per heavy atom. The van der Waals surface area contributed by atoms with Crippen LogP contribution in [0, 0.1) is 5.92 Å². The molecule has 1 atom stereocenters. The quantitative estimate of drug-likeness (QED) is 0.827. The van der Waals surface area contributed by atoms with Gasteiger partial charge in [0.15, 0.2) is 0 Å². The van der Waals surface area contributed by atoms with Crippen molar-refractivity contribution in [2.75, 3.05) is 25.7 Å². The van der Waals surface area contributed by atoms with Crippen molar-refractivity contribution in [3.63, 3.8) is 0 Å². The zero-order chi connectivity index (χ0) is 15.2. The van der Waals surface area contributed by atoms with Crippen LogP contribution in [0.5, 0.6) is 5.75 Å². The number of amides is 1. The molecule has 0 saturated carbocycles. The molecular weight excluding hydrogens is 284 g/mol. The number of ether oxygens (including phenoxy) is 1. The molecule has 1 amide bonds. The number of fused-ring (bicyclic) bond motifs is 1. The highest BCUT2D eigenvalue weighted by Crippen LogP contribution is 2.23. The molecule has 1 heterocycles. The van der Waals surface area contributed by atoms with E-state index in [0.29, 0.717) is 6.54 Å². The van der Waals surface area contributed by atoms with Crippen LogP contribution in [0.3, 0.4) is 0 Å². The highest BCUT2D eigenvalue weighted by molar-refractivity contribution is 7.98. The molecule has 21 heavy (non-hydrogen) atoms. The molecule has 0 unspecified atom stereocenters. The van der Waals surface area contributed by atoms with E-state index in [1.165, 1.54) is 5.56 Å². The Labute approximate surface area is 129 Å². The highest BCUT2D eigenvalue weighted by Gasteiger charge is 2.11. The number of carbonyl (C=O) groups excluding carboxylic acids is 1. The number of methoxy groups -OCH3 is 1. The van der Waals surface area contributed by atoms with Crippen molar-refractivity contribution in [1.29, 1.82) is 0 Å². The largest absolute Gasteiger partial charge is 0.497 e. The Morgan fingerprint density at radius 2 is 2.29 bits per heavy atom. The SMILES string of the molecule is COc1ccc2[nH]cc(CCNC(=O)[C@@H](C)CSC)c2c1. The van der Waals surface area contributed by atoms with Crippen LogP contribution in [-0.4, -0.2) is 36.6 Å². The van der Waals surface area contributed by atoms with Crippen molar-refractivity contribution < 1.29 is 9.53 Å². The van der Waals surface area contributed by atoms with Gasteiger partial charge in [-0.2, -0.15) is 11.8 Å². The van der Waals surface area contributed by atoms with Crippen LogP contribution in [0.1, 0.15) is 12.5 Å². The molecule has 0 fully saturated rings. The zero-order valence-electron chi connectivity index (χ0n) is 12.7. The van der Waals surface area contributed by atoms with Crippen LogP contribution < -0.4 is 10.1 Å². The third kappa shape index (κ3) is 3.94. The second-order valence-electron chi connectivity index (χ2n) is 5.12. The summed E-state index contributed by atoms with van der Waals surface area (Å²) in [6.07, 6.45) is 4.83. The van der Waals surface area contributed by atoms with E-state index in [2.05, 4.69) is 10.3 Å². The van der Waals surface area contributed by atoms with Crippen LogP contribution in [0.2, 0.25) is 0 Å². The van der Waals surface area contributed by atoms with Crippen molar-refractivity contribution in [2.45, 2.75) is 13.3 Å². The van der Waals surface area contributed by atoms with Gasteiger partial charge >= 0.3 is 0 Å². The topological polar surface area (TPSA) is 54.1 Å². The maximum absolute atomic E-state index is 11.9. The third-order valence-corrected chi connectivity index (χ3v) is 4.37. The molecule has 0 spiro atoms. The van der Waals surface area contributed by atoms with E-state index in [-0.39, 0.29) is 11.8 Å². The van der Waals surface area contributed by atoms with Crippen LogP contribution in [0.4, 0.5) is 0 Å². The summed E-state index contributed by atoms with van der Waals surface area (Å²) in [5.41, 5.74) is 2.29. The maximum Gasteiger partial charge on any atom is 0.223 e. The number of hydrogen-bond acceptors (Lipinski definition) is 3. The first-order chi connectivity index (χ1) is 10.2. The number of thioether (sulfide) groups is 1. The third-order valence-electron chi connectivity index (χ3n) is 3.53. The van der Waals surface area contributed by atoms with Gasteiger partial charge in [0.25, 0.3) is 0 Å². The molecule has 0 aliphatic rings. The second kappa shape index (κ2) is 7.41. The van der Waals surface area contributed by atoms with Gasteiger partial charge in [-0.25, -0.2) is 0 Å². The van der Waals surface area contributed by atoms with Crippen molar-refractivity contribution >= 4 is 28.6 Å². The van der Waals surface area contributed by atoms with E-state index in [1.54, 1.807) is 18.9 Å². The summed E-state index contributed by atoms with van der Waals surface area (Å²) in [6, 6.07) is 5.98. The van der Waals surface area contributed by atoms with Gasteiger partial charge in [-0.3, -0.25) is 4.79 Å². The summed E-state index contributed by atoms with van der Waals surface area (Å²) in [7, 11) is 1.67. The molecule has 114 valence electrons. The molecular formula is C16H22N2O2S. The molecule has 1 aromatic heterocycles. The minimum Gasteiger partial charge on any atom is -0.497 e. The lowest BCUT2D eigenvalue weighted by atomic mass is 10.1. The molecule has 0 aliphatic heterocycles. The molecule has 4 nitrogen and oxygen atoms in total. The predicted octanol–water partition coefficient (Wildman–Crippen LogP) is 2.83. The number of nitrogens with one attached hydrogen (secondary N) is 2. The number of rotatable bonds is 7. The maximum atomic E-state index is 11.9. The molecule has 2 N–H and O–H groups in total. The average molecular weight is 306 g/mol. The Hall–Kier alpha value is -1.62. The molecule has 0 saturated heterocycles. The zero-order valence-corrected chi connectivity index (χ0v) is 13.5. The van der Waals surface area contributed by atoms with E-state index in [4.69, 9.17) is 4.74 Å². The lowest BCUT2D eigenvalue weighted by Crippen LogP contribution is -2.31. The number of carbonyl (C=O) groups is 1. The van der Waals surface area contributed by atoms with Gasteiger partial charge < -0.3 is 15.0 Å². The number of H-pyrrole nitrogens is 1. The van der Waals surface area contributed by atoms with E-state index in [9.17, 15) is 4.79 Å². The smallest absolute Gasteiger partial charge is 0.223 e. The number of aromatic nitrogens is 1. The summed E-state index contributed by atoms with van der Waals surface area (Å²) >= 11 is 1.70. The summed E-state index contributed by atoms with van der Waals surface area (Å²) in [4.78, 5) is 15.1. The Balaban J connectivity index is 1.96. The van der Waals surface area contributed by atoms with E-state index < -0.39 is 0 Å². The molecule has 0 bridgehead atoms. The Bertz CT molecular complexity index is 609. The number of hydrogen-bond donors (Lipinski definition) is 2. The van der Waals surface area contributed by atoms with Crippen LogP contribution in [-0.2, 0) is 11.2 Å². The number of aromatic amines is 1. The van der Waals surface area contributed by atoms with Crippen molar-refractivity contribution in [3.05, 3.63) is 30.0 Å². The van der Waals surface area contributed by atoms with Gasteiger partial charge in [-0.1, -0.05) is 6.92 Å². The van der Waals surface area contributed by atoms with Gasteiger partial charge in [0.2, 0.25) is 5.91 Å². The highest BCUT2D eigenvalue weighted by atomic mass is 32.2. The summed E-state index contributed by atoms with van der Waals surface area (Å²) in [5, 5.41) is 4.15. The Morgan fingerprint density at radius 3 is 3.00 bits per heavy atom. The van der Waals surface area contributed by atoms with Gasteiger partial charge in [-0.15, -0.1) is 0 Å². The van der Waals surface area contributed by atoms with Crippen molar-refractivity contribution in [2.24, 2.45) is 5.92 Å². The fourth-order valence-corrected chi connectivity index (χ4v) is 2.96. The van der Waals surface area contributed by atoms with Crippen LogP contribution >= 0.6 is 11.8 Å². The molecule has 0 radical (unpaired) electrons. The minimum absolute atomic E-state index is 0.0584. The van der Waals surface area contributed by atoms with E-state index in [1.807, 2.05) is 37.6 Å². The minimum atomic E-state index is 0.0584. The van der Waals surface area contributed by atoms with Gasteiger partial charge in [-0.05, 0) is 36.4 Å². The van der Waals surface area contributed by atoms with E-state index >= 15 is 0 Å². The first-order valence-electron chi connectivity index (χ1n) is 7.06. The average Bonchev–Trinajstić information content (AvgIpc) is 2.89. The van der Waals surface area contributed by atoms with Gasteiger partial charge in [0.1, 0.15) is 5.75 Å². The van der Waals surface area contributed by atoms with Crippen LogP contribution in [0.25, 0.3) is 10.9 Å². The summed E-state index contributed by atoms with van der Waals surface area (Å²) < 4.78 is 5.26. The fraction of sp³-hybridized carbons (Fsp3) is 0.438. The van der Waals surface area contributed by atoms with Gasteiger partial charge in [0, 0.05) is 35.3 Å². The summed E-state index contributed by atoms with van der Waals surface area (Å²) in [5.74, 6) is 1.89. The predicted molar refractivity (Wildman–Crippen MR) is 89.1 cm³/mol. The van der Waals surface area contributed by atoms with Crippen LogP contribution in [0.15, 0.2) is 24.4 Å². The van der Waals surface area contributed by atoms with Gasteiger partial charge in [0.05, 0.1) is 7.11 Å².